The molecule has 1 aliphatic rings. The molecule has 1 aromatic carbocycles. The van der Waals surface area contributed by atoms with Gasteiger partial charge in [0.05, 0.1) is 15.8 Å². The van der Waals surface area contributed by atoms with Crippen LogP contribution in [-0.4, -0.2) is 16.0 Å². The Bertz CT molecular complexity index is 581. The fraction of sp³-hybridized carbons (Fsp3) is 0.333. The number of nitrogens with zero attached hydrogens (tertiary/aromatic N) is 1. The van der Waals surface area contributed by atoms with E-state index in [2.05, 4.69) is 17.1 Å². The summed E-state index contributed by atoms with van der Waals surface area (Å²) in [5.41, 5.74) is 1.01. The zero-order valence-electron chi connectivity index (χ0n) is 10.1. The molecule has 0 radical (unpaired) electrons. The SMILES string of the molecule is O=C1CCCCC1Sc1ccc2ccccc2n1. The Morgan fingerprint density at radius 2 is 2.00 bits per heavy atom. The van der Waals surface area contributed by atoms with Crippen LogP contribution in [0.5, 0.6) is 0 Å². The molecule has 3 heteroatoms. The standard InChI is InChI=1S/C15H15NOS/c17-13-7-3-4-8-14(13)18-15-10-9-11-5-1-2-6-12(11)16-15/h1-2,5-6,9-10,14H,3-4,7-8H2. The maximum absolute atomic E-state index is 11.8. The second-order valence-electron chi connectivity index (χ2n) is 4.66. The van der Waals surface area contributed by atoms with E-state index >= 15 is 0 Å². The highest BCUT2D eigenvalue weighted by molar-refractivity contribution is 8.00. The molecule has 1 atom stereocenters. The number of hydrogen-bond donors (Lipinski definition) is 0. The van der Waals surface area contributed by atoms with Gasteiger partial charge in [-0.15, -0.1) is 0 Å². The van der Waals surface area contributed by atoms with Crippen LogP contribution in [0.3, 0.4) is 0 Å². The number of benzene rings is 1. The van der Waals surface area contributed by atoms with Crippen LogP contribution in [0.4, 0.5) is 0 Å². The molecule has 0 saturated heterocycles. The van der Waals surface area contributed by atoms with Crippen molar-refractivity contribution in [2.75, 3.05) is 0 Å². The lowest BCUT2D eigenvalue weighted by atomic mass is 9.99. The molecule has 0 bridgehead atoms. The monoisotopic (exact) mass is 257 g/mol. The lowest BCUT2D eigenvalue weighted by molar-refractivity contribution is -0.119. The first-order valence-corrected chi connectivity index (χ1v) is 7.26. The Labute approximate surface area is 111 Å². The minimum Gasteiger partial charge on any atom is -0.298 e. The van der Waals surface area contributed by atoms with Crippen molar-refractivity contribution in [2.45, 2.75) is 36.0 Å². The molecule has 0 N–H and O–H groups in total. The Morgan fingerprint density at radius 1 is 1.11 bits per heavy atom. The summed E-state index contributed by atoms with van der Waals surface area (Å²) < 4.78 is 0. The van der Waals surface area contributed by atoms with E-state index in [4.69, 9.17) is 0 Å². The molecule has 1 unspecified atom stereocenters. The number of carbonyl (C=O) groups is 1. The quantitative estimate of drug-likeness (QED) is 0.818. The third-order valence-electron chi connectivity index (χ3n) is 3.33. The van der Waals surface area contributed by atoms with Crippen LogP contribution < -0.4 is 0 Å². The van der Waals surface area contributed by atoms with Gasteiger partial charge >= 0.3 is 0 Å². The number of para-hydroxylation sites is 1. The van der Waals surface area contributed by atoms with Gasteiger partial charge in [-0.1, -0.05) is 42.4 Å². The number of aromatic nitrogens is 1. The van der Waals surface area contributed by atoms with Crippen LogP contribution in [0.15, 0.2) is 41.4 Å². The molecular formula is C15H15NOS. The third kappa shape index (κ3) is 2.41. The second kappa shape index (κ2) is 5.11. The number of carbonyl (C=O) groups excluding carboxylic acids is 1. The maximum Gasteiger partial charge on any atom is 0.146 e. The normalized spacial score (nSPS) is 20.2. The van der Waals surface area contributed by atoms with E-state index in [1.54, 1.807) is 11.8 Å². The van der Waals surface area contributed by atoms with Crippen molar-refractivity contribution in [1.82, 2.24) is 4.98 Å². The number of thioether (sulfide) groups is 1. The zero-order chi connectivity index (χ0) is 12.4. The lowest BCUT2D eigenvalue weighted by Gasteiger charge is -2.19. The molecule has 1 saturated carbocycles. The van der Waals surface area contributed by atoms with Gasteiger partial charge in [-0.05, 0) is 25.0 Å². The van der Waals surface area contributed by atoms with E-state index in [0.717, 1.165) is 41.6 Å². The molecule has 2 nitrogen and oxygen atoms in total. The Kier molecular flexibility index (Phi) is 3.33. The minimum atomic E-state index is 0.118. The molecule has 18 heavy (non-hydrogen) atoms. The van der Waals surface area contributed by atoms with Crippen molar-refractivity contribution in [2.24, 2.45) is 0 Å². The Balaban J connectivity index is 1.83. The second-order valence-corrected chi connectivity index (χ2v) is 5.88. The van der Waals surface area contributed by atoms with Gasteiger partial charge in [0.1, 0.15) is 5.78 Å². The van der Waals surface area contributed by atoms with Gasteiger partial charge in [0.25, 0.3) is 0 Å². The lowest BCUT2D eigenvalue weighted by Crippen LogP contribution is -2.21. The molecule has 0 amide bonds. The van der Waals surface area contributed by atoms with Crippen molar-refractivity contribution >= 4 is 28.4 Å². The first kappa shape index (κ1) is 11.7. The van der Waals surface area contributed by atoms with E-state index in [-0.39, 0.29) is 5.25 Å². The molecule has 0 aliphatic heterocycles. The van der Waals surface area contributed by atoms with Gasteiger partial charge in [0.2, 0.25) is 0 Å². The number of fused-ring (bicyclic) bond motifs is 1. The van der Waals surface area contributed by atoms with Crippen LogP contribution in [-0.2, 0) is 4.79 Å². The van der Waals surface area contributed by atoms with E-state index in [1.165, 1.54) is 0 Å². The summed E-state index contributed by atoms with van der Waals surface area (Å²) in [4.78, 5) is 16.4. The van der Waals surface area contributed by atoms with E-state index in [0.29, 0.717) is 5.78 Å². The molecular weight excluding hydrogens is 242 g/mol. The van der Waals surface area contributed by atoms with E-state index < -0.39 is 0 Å². The first-order valence-electron chi connectivity index (χ1n) is 6.38. The van der Waals surface area contributed by atoms with Crippen LogP contribution in [0.25, 0.3) is 10.9 Å². The van der Waals surface area contributed by atoms with E-state index in [1.807, 2.05) is 24.3 Å². The average Bonchev–Trinajstić information content (AvgIpc) is 2.41. The smallest absolute Gasteiger partial charge is 0.146 e. The van der Waals surface area contributed by atoms with Crippen molar-refractivity contribution in [3.05, 3.63) is 36.4 Å². The molecule has 92 valence electrons. The highest BCUT2D eigenvalue weighted by atomic mass is 32.2. The number of ketones is 1. The maximum atomic E-state index is 11.8. The minimum absolute atomic E-state index is 0.118. The number of pyridine rings is 1. The molecule has 2 aromatic rings. The largest absolute Gasteiger partial charge is 0.298 e. The molecule has 1 heterocycles. The number of Topliss-reactive ketones (excluding diaryl/α,β-unsaturated/α-hetero) is 1. The van der Waals surface area contributed by atoms with Crippen LogP contribution in [0.2, 0.25) is 0 Å². The van der Waals surface area contributed by atoms with Crippen molar-refractivity contribution in [3.8, 4) is 0 Å². The fourth-order valence-electron chi connectivity index (χ4n) is 2.33. The van der Waals surface area contributed by atoms with Gasteiger partial charge in [-0.2, -0.15) is 0 Å². The van der Waals surface area contributed by atoms with Gasteiger partial charge in [0, 0.05) is 11.8 Å². The molecule has 1 aromatic heterocycles. The molecule has 1 aliphatic carbocycles. The third-order valence-corrected chi connectivity index (χ3v) is 4.59. The summed E-state index contributed by atoms with van der Waals surface area (Å²) in [6.45, 7) is 0. The fourth-order valence-corrected chi connectivity index (χ4v) is 3.46. The predicted octanol–water partition coefficient (Wildman–Crippen LogP) is 3.84. The van der Waals surface area contributed by atoms with Crippen molar-refractivity contribution in [1.29, 1.82) is 0 Å². The van der Waals surface area contributed by atoms with E-state index in [9.17, 15) is 4.79 Å². The highest BCUT2D eigenvalue weighted by Crippen LogP contribution is 2.31. The summed E-state index contributed by atoms with van der Waals surface area (Å²) in [6, 6.07) is 12.2. The summed E-state index contributed by atoms with van der Waals surface area (Å²) in [5, 5.41) is 2.23. The Morgan fingerprint density at radius 3 is 2.89 bits per heavy atom. The van der Waals surface area contributed by atoms with Crippen molar-refractivity contribution in [3.63, 3.8) is 0 Å². The van der Waals surface area contributed by atoms with Gasteiger partial charge in [-0.25, -0.2) is 4.98 Å². The number of rotatable bonds is 2. The topological polar surface area (TPSA) is 30.0 Å². The van der Waals surface area contributed by atoms with Crippen LogP contribution in [0.1, 0.15) is 25.7 Å². The van der Waals surface area contributed by atoms with Gasteiger partial charge < -0.3 is 0 Å². The highest BCUT2D eigenvalue weighted by Gasteiger charge is 2.23. The predicted molar refractivity (Wildman–Crippen MR) is 74.9 cm³/mol. The molecule has 1 fully saturated rings. The van der Waals surface area contributed by atoms with Crippen LogP contribution >= 0.6 is 11.8 Å². The van der Waals surface area contributed by atoms with Crippen LogP contribution in [0, 0.1) is 0 Å². The summed E-state index contributed by atoms with van der Waals surface area (Å²) in [6.07, 6.45) is 3.96. The van der Waals surface area contributed by atoms with Gasteiger partial charge in [0.15, 0.2) is 0 Å². The Hall–Kier alpha value is -1.35. The van der Waals surface area contributed by atoms with Gasteiger partial charge in [-0.3, -0.25) is 4.79 Å². The molecule has 0 spiro atoms. The molecule has 3 rings (SSSR count). The summed E-state index contributed by atoms with van der Waals surface area (Å²) in [7, 11) is 0. The summed E-state index contributed by atoms with van der Waals surface area (Å²) >= 11 is 1.63. The summed E-state index contributed by atoms with van der Waals surface area (Å²) in [5.74, 6) is 0.390. The van der Waals surface area contributed by atoms with Crippen molar-refractivity contribution < 1.29 is 4.79 Å². The first-order chi connectivity index (χ1) is 8.83. The zero-order valence-corrected chi connectivity index (χ0v) is 11.0. The average molecular weight is 257 g/mol. The number of hydrogen-bond acceptors (Lipinski definition) is 3.